The van der Waals surface area contributed by atoms with E-state index in [0.29, 0.717) is 0 Å². The molecular weight excluding hydrogens is 386 g/mol. The number of rotatable bonds is 4. The van der Waals surface area contributed by atoms with E-state index in [1.807, 2.05) is 0 Å². The van der Waals surface area contributed by atoms with Crippen LogP contribution in [-0.4, -0.2) is 6.54 Å². The van der Waals surface area contributed by atoms with Crippen molar-refractivity contribution in [3.8, 4) is 0 Å². The molecule has 0 aliphatic rings. The minimum absolute atomic E-state index is 0.255. The first-order valence-electron chi connectivity index (χ1n) is 6.27. The summed E-state index contributed by atoms with van der Waals surface area (Å²) in [5.74, 6) is 0. The second-order valence-corrected chi connectivity index (χ2v) is 7.19. The van der Waals surface area contributed by atoms with Crippen molar-refractivity contribution in [1.29, 1.82) is 0 Å². The lowest BCUT2D eigenvalue weighted by molar-refractivity contribution is 0.637. The molecule has 1 atom stereocenters. The molecule has 0 saturated carbocycles. The highest BCUT2D eigenvalue weighted by molar-refractivity contribution is 9.10. The number of aryl methyl sites for hydroxylation is 2. The summed E-state index contributed by atoms with van der Waals surface area (Å²) in [4.78, 5) is 1.34. The highest BCUT2D eigenvalue weighted by atomic mass is 79.9. The first-order chi connectivity index (χ1) is 9.04. The molecule has 0 bridgehead atoms. The maximum atomic E-state index is 3.65. The molecule has 0 radical (unpaired) electrons. The molecule has 4 heteroatoms. The molecule has 19 heavy (non-hydrogen) atoms. The van der Waals surface area contributed by atoms with Gasteiger partial charge in [-0.05, 0) is 64.5 Å². The fourth-order valence-corrected chi connectivity index (χ4v) is 4.16. The monoisotopic (exact) mass is 401 g/mol. The van der Waals surface area contributed by atoms with Crippen LogP contribution in [0.15, 0.2) is 32.5 Å². The van der Waals surface area contributed by atoms with Gasteiger partial charge in [0.2, 0.25) is 0 Å². The summed E-state index contributed by atoms with van der Waals surface area (Å²) in [5.41, 5.74) is 3.89. The zero-order chi connectivity index (χ0) is 14.0. The topological polar surface area (TPSA) is 12.0 Å². The highest BCUT2D eigenvalue weighted by Gasteiger charge is 2.18. The lowest BCUT2D eigenvalue weighted by Crippen LogP contribution is -2.21. The number of thiophene rings is 1. The van der Waals surface area contributed by atoms with Gasteiger partial charge < -0.3 is 5.32 Å². The van der Waals surface area contributed by atoms with Crippen molar-refractivity contribution < 1.29 is 0 Å². The Morgan fingerprint density at radius 3 is 2.32 bits per heavy atom. The lowest BCUT2D eigenvalue weighted by atomic mass is 10.00. The van der Waals surface area contributed by atoms with Gasteiger partial charge >= 0.3 is 0 Å². The third-order valence-electron chi connectivity index (χ3n) is 3.11. The van der Waals surface area contributed by atoms with E-state index in [4.69, 9.17) is 0 Å². The average Bonchev–Trinajstić information content (AvgIpc) is 2.78. The Bertz CT molecular complexity index is 554. The van der Waals surface area contributed by atoms with E-state index in [0.717, 1.165) is 6.54 Å². The maximum absolute atomic E-state index is 3.65. The van der Waals surface area contributed by atoms with Gasteiger partial charge in [0.1, 0.15) is 0 Å². The largest absolute Gasteiger partial charge is 0.306 e. The van der Waals surface area contributed by atoms with Crippen LogP contribution in [0, 0.1) is 13.8 Å². The first kappa shape index (κ1) is 15.2. The van der Waals surface area contributed by atoms with E-state index in [1.165, 1.54) is 30.5 Å². The molecule has 1 heterocycles. The number of halogens is 2. The van der Waals surface area contributed by atoms with Crippen LogP contribution in [0.1, 0.15) is 34.5 Å². The van der Waals surface area contributed by atoms with Crippen LogP contribution >= 0.6 is 43.2 Å². The van der Waals surface area contributed by atoms with E-state index in [9.17, 15) is 0 Å². The van der Waals surface area contributed by atoms with Crippen molar-refractivity contribution in [2.75, 3.05) is 6.54 Å². The molecule has 0 amide bonds. The highest BCUT2D eigenvalue weighted by Crippen LogP contribution is 2.35. The van der Waals surface area contributed by atoms with E-state index in [1.54, 1.807) is 11.3 Å². The standard InChI is InChI=1S/C15H17Br2NS/c1-4-18-14(15-12(16)5-6-19-15)11-7-9(2)13(17)10(3)8-11/h5-8,14,18H,4H2,1-3H3. The molecule has 1 aromatic heterocycles. The molecule has 0 aliphatic heterocycles. The molecule has 2 aromatic rings. The van der Waals surface area contributed by atoms with Gasteiger partial charge in [-0.1, -0.05) is 35.0 Å². The third-order valence-corrected chi connectivity index (χ3v) is 6.29. The third kappa shape index (κ3) is 3.30. The minimum Gasteiger partial charge on any atom is -0.306 e. The Morgan fingerprint density at radius 1 is 1.21 bits per heavy atom. The van der Waals surface area contributed by atoms with Gasteiger partial charge in [0.25, 0.3) is 0 Å². The summed E-state index contributed by atoms with van der Waals surface area (Å²) in [6.45, 7) is 7.39. The van der Waals surface area contributed by atoms with E-state index in [-0.39, 0.29) is 6.04 Å². The minimum atomic E-state index is 0.255. The molecule has 0 fully saturated rings. The Hall–Kier alpha value is -0.160. The van der Waals surface area contributed by atoms with Gasteiger partial charge in [0.15, 0.2) is 0 Å². The second-order valence-electron chi connectivity index (χ2n) is 4.59. The van der Waals surface area contributed by atoms with E-state index < -0.39 is 0 Å². The molecule has 0 saturated heterocycles. The van der Waals surface area contributed by atoms with Crippen molar-refractivity contribution >= 4 is 43.2 Å². The predicted molar refractivity (Wildman–Crippen MR) is 91.2 cm³/mol. The molecule has 1 N–H and O–H groups in total. The summed E-state index contributed by atoms with van der Waals surface area (Å²) in [5, 5.41) is 5.71. The van der Waals surface area contributed by atoms with Crippen molar-refractivity contribution in [1.82, 2.24) is 5.32 Å². The Morgan fingerprint density at radius 2 is 1.84 bits per heavy atom. The van der Waals surface area contributed by atoms with Gasteiger partial charge in [-0.2, -0.15) is 0 Å². The quantitative estimate of drug-likeness (QED) is 0.702. The van der Waals surface area contributed by atoms with E-state index in [2.05, 4.69) is 81.5 Å². The first-order valence-corrected chi connectivity index (χ1v) is 8.74. The van der Waals surface area contributed by atoms with Crippen molar-refractivity contribution in [3.05, 3.63) is 54.1 Å². The molecule has 0 aliphatic carbocycles. The predicted octanol–water partition coefficient (Wildman–Crippen LogP) is 5.59. The number of hydrogen-bond acceptors (Lipinski definition) is 2. The zero-order valence-corrected chi connectivity index (χ0v) is 15.2. The second kappa shape index (κ2) is 6.53. The Kier molecular flexibility index (Phi) is 5.23. The number of benzene rings is 1. The molecular formula is C15H17Br2NS. The SMILES string of the molecule is CCNC(c1cc(C)c(Br)c(C)c1)c1sccc1Br. The van der Waals surface area contributed by atoms with Crippen LogP contribution in [0.25, 0.3) is 0 Å². The molecule has 0 spiro atoms. The molecule has 1 nitrogen and oxygen atoms in total. The number of nitrogens with one attached hydrogen (secondary N) is 1. The molecule has 2 rings (SSSR count). The van der Waals surface area contributed by atoms with Crippen LogP contribution in [0.5, 0.6) is 0 Å². The van der Waals surface area contributed by atoms with Gasteiger partial charge in [-0.25, -0.2) is 0 Å². The average molecular weight is 403 g/mol. The van der Waals surface area contributed by atoms with E-state index >= 15 is 0 Å². The van der Waals surface area contributed by atoms with Crippen LogP contribution in [0.2, 0.25) is 0 Å². The zero-order valence-electron chi connectivity index (χ0n) is 11.3. The lowest BCUT2D eigenvalue weighted by Gasteiger charge is -2.20. The van der Waals surface area contributed by atoms with Crippen LogP contribution < -0.4 is 5.32 Å². The summed E-state index contributed by atoms with van der Waals surface area (Å²) in [7, 11) is 0. The fourth-order valence-electron chi connectivity index (χ4n) is 2.22. The smallest absolute Gasteiger partial charge is 0.0682 e. The van der Waals surface area contributed by atoms with Gasteiger partial charge in [0, 0.05) is 13.8 Å². The van der Waals surface area contributed by atoms with Gasteiger partial charge in [-0.15, -0.1) is 11.3 Å². The summed E-state index contributed by atoms with van der Waals surface area (Å²) in [6, 6.07) is 6.89. The van der Waals surface area contributed by atoms with Crippen LogP contribution in [0.3, 0.4) is 0 Å². The maximum Gasteiger partial charge on any atom is 0.0682 e. The van der Waals surface area contributed by atoms with Crippen molar-refractivity contribution in [3.63, 3.8) is 0 Å². The van der Waals surface area contributed by atoms with Crippen LogP contribution in [0.4, 0.5) is 0 Å². The van der Waals surface area contributed by atoms with Crippen LogP contribution in [-0.2, 0) is 0 Å². The summed E-state index contributed by atoms with van der Waals surface area (Å²) in [6.07, 6.45) is 0. The molecule has 102 valence electrons. The normalized spacial score (nSPS) is 12.7. The molecule has 1 unspecified atom stereocenters. The van der Waals surface area contributed by atoms with Gasteiger partial charge in [0.05, 0.1) is 6.04 Å². The van der Waals surface area contributed by atoms with Crippen molar-refractivity contribution in [2.45, 2.75) is 26.8 Å². The Labute approximate surface area is 135 Å². The molecule has 1 aromatic carbocycles. The Balaban J connectivity index is 2.48. The fraction of sp³-hybridized carbons (Fsp3) is 0.333. The summed E-state index contributed by atoms with van der Waals surface area (Å²) >= 11 is 9.07. The van der Waals surface area contributed by atoms with Crippen molar-refractivity contribution in [2.24, 2.45) is 0 Å². The summed E-state index contributed by atoms with van der Waals surface area (Å²) < 4.78 is 2.39. The van der Waals surface area contributed by atoms with Gasteiger partial charge in [-0.3, -0.25) is 0 Å². The number of hydrogen-bond donors (Lipinski definition) is 1.